The molecule has 2 fully saturated rings. The average Bonchev–Trinajstić information content (AvgIpc) is 2.46. The highest BCUT2D eigenvalue weighted by Crippen LogP contribution is 2.41. The van der Waals surface area contributed by atoms with Crippen molar-refractivity contribution in [1.29, 1.82) is 0 Å². The molecule has 3 heterocycles. The van der Waals surface area contributed by atoms with Crippen LogP contribution in [0.3, 0.4) is 0 Å². The quantitative estimate of drug-likeness (QED) is 0.511. The smallest absolute Gasteiger partial charge is 0.268 e. The number of rotatable bonds is 1. The molecule has 0 radical (unpaired) electrons. The molecule has 20 heavy (non-hydrogen) atoms. The lowest BCUT2D eigenvalue weighted by Crippen LogP contribution is -2.45. The van der Waals surface area contributed by atoms with Gasteiger partial charge in [0.1, 0.15) is 8.72 Å². The molecule has 2 saturated heterocycles. The van der Waals surface area contributed by atoms with Crippen LogP contribution in [0.4, 0.5) is 0 Å². The maximum absolute atomic E-state index is 12.3. The van der Waals surface area contributed by atoms with Gasteiger partial charge in [0.25, 0.3) is 5.56 Å². The molecule has 1 spiro atoms. The Morgan fingerprint density at radius 3 is 3.00 bits per heavy atom. The number of halogens is 2. The minimum atomic E-state index is -0.0298. The molecule has 1 aromatic heterocycles. The van der Waals surface area contributed by atoms with Gasteiger partial charge in [-0.3, -0.25) is 9.36 Å². The summed E-state index contributed by atoms with van der Waals surface area (Å²) in [6.07, 6.45) is 5.54. The molecule has 3 rings (SSSR count). The van der Waals surface area contributed by atoms with E-state index in [-0.39, 0.29) is 17.2 Å². The third kappa shape index (κ3) is 2.89. The third-order valence-electron chi connectivity index (χ3n) is 4.16. The Morgan fingerprint density at radius 1 is 1.50 bits per heavy atom. The molecule has 2 aliphatic heterocycles. The van der Waals surface area contributed by atoms with Crippen molar-refractivity contribution in [3.05, 3.63) is 25.4 Å². The number of hydrogen-bond acceptors (Lipinski definition) is 4. The van der Waals surface area contributed by atoms with Gasteiger partial charge in [-0.2, -0.15) is 11.8 Å². The molecule has 110 valence electrons. The lowest BCUT2D eigenvalue weighted by molar-refractivity contribution is -0.0993. The van der Waals surface area contributed by atoms with Crippen molar-refractivity contribution >= 4 is 46.0 Å². The van der Waals surface area contributed by atoms with E-state index in [1.54, 1.807) is 10.9 Å². The van der Waals surface area contributed by atoms with Crippen LogP contribution in [0.25, 0.3) is 0 Å². The van der Waals surface area contributed by atoms with E-state index in [1.165, 1.54) is 0 Å². The van der Waals surface area contributed by atoms with Crippen LogP contribution < -0.4 is 5.56 Å². The van der Waals surface area contributed by atoms with E-state index in [0.29, 0.717) is 8.72 Å². The minimum absolute atomic E-state index is 0.0291. The van der Waals surface area contributed by atoms with Crippen molar-refractivity contribution in [2.24, 2.45) is 0 Å². The first kappa shape index (κ1) is 15.1. The highest BCUT2D eigenvalue weighted by atomic mass is 127. The summed E-state index contributed by atoms with van der Waals surface area (Å²) in [6, 6.07) is 0.178. The number of aromatic nitrogens is 2. The van der Waals surface area contributed by atoms with Crippen molar-refractivity contribution in [2.75, 3.05) is 18.1 Å². The van der Waals surface area contributed by atoms with Crippen LogP contribution in [0.15, 0.2) is 11.1 Å². The summed E-state index contributed by atoms with van der Waals surface area (Å²) in [7, 11) is 0. The Kier molecular flexibility index (Phi) is 4.64. The fourth-order valence-corrected chi connectivity index (χ4v) is 4.79. The zero-order chi connectivity index (χ0) is 14.2. The van der Waals surface area contributed by atoms with E-state index in [1.807, 2.05) is 34.4 Å². The molecule has 4 nitrogen and oxygen atoms in total. The Morgan fingerprint density at radius 2 is 2.25 bits per heavy atom. The van der Waals surface area contributed by atoms with Gasteiger partial charge < -0.3 is 4.74 Å². The zero-order valence-electron chi connectivity index (χ0n) is 11.0. The highest BCUT2D eigenvalue weighted by molar-refractivity contribution is 14.1. The van der Waals surface area contributed by atoms with Crippen molar-refractivity contribution < 1.29 is 4.74 Å². The number of hydrogen-bond donors (Lipinski definition) is 0. The lowest BCUT2D eigenvalue weighted by atomic mass is 9.85. The maximum atomic E-state index is 12.3. The van der Waals surface area contributed by atoms with Crippen LogP contribution in [0.1, 0.15) is 31.7 Å². The molecule has 0 aliphatic carbocycles. The van der Waals surface area contributed by atoms with Gasteiger partial charge in [-0.25, -0.2) is 4.98 Å². The molecule has 0 bridgehead atoms. The number of thioether (sulfide) groups is 1. The van der Waals surface area contributed by atoms with E-state index in [9.17, 15) is 4.79 Å². The van der Waals surface area contributed by atoms with Crippen LogP contribution in [0.5, 0.6) is 0 Å². The van der Waals surface area contributed by atoms with Gasteiger partial charge in [0, 0.05) is 12.6 Å². The summed E-state index contributed by atoms with van der Waals surface area (Å²) in [5, 5.41) is 0.294. The monoisotopic (exact) mass is 426 g/mol. The van der Waals surface area contributed by atoms with Gasteiger partial charge in [0.2, 0.25) is 0 Å². The normalized spacial score (nSPS) is 25.8. The Balaban J connectivity index is 1.87. The molecule has 0 N–H and O–H groups in total. The molecule has 0 amide bonds. The molecular formula is C13H16ClIN2O2S. The zero-order valence-corrected chi connectivity index (χ0v) is 14.7. The predicted molar refractivity (Wildman–Crippen MR) is 89.7 cm³/mol. The molecule has 1 unspecified atom stereocenters. The number of nitrogens with zero attached hydrogens (tertiary/aromatic N) is 2. The summed E-state index contributed by atoms with van der Waals surface area (Å²) in [5.41, 5.74) is -0.0589. The average molecular weight is 427 g/mol. The van der Waals surface area contributed by atoms with E-state index in [0.717, 1.165) is 43.8 Å². The van der Waals surface area contributed by atoms with Gasteiger partial charge in [0.15, 0.2) is 0 Å². The summed E-state index contributed by atoms with van der Waals surface area (Å²) >= 11 is 9.87. The fourth-order valence-electron chi connectivity index (χ4n) is 3.01. The topological polar surface area (TPSA) is 44.1 Å². The van der Waals surface area contributed by atoms with Gasteiger partial charge in [-0.05, 0) is 59.8 Å². The van der Waals surface area contributed by atoms with Crippen molar-refractivity contribution in [2.45, 2.75) is 37.3 Å². The molecular weight excluding hydrogens is 411 g/mol. The number of ether oxygens (including phenoxy) is 1. The summed E-state index contributed by atoms with van der Waals surface area (Å²) in [5.74, 6) is 2.30. The fraction of sp³-hybridized carbons (Fsp3) is 0.692. The van der Waals surface area contributed by atoms with Gasteiger partial charge in [0.05, 0.1) is 11.9 Å². The summed E-state index contributed by atoms with van der Waals surface area (Å²) in [6.45, 7) is 0.723. The van der Waals surface area contributed by atoms with Gasteiger partial charge >= 0.3 is 0 Å². The standard InChI is InChI=1S/C13H16ClIN2O2S/c14-11-10(15)12(18)17(8-16-11)9-1-4-19-13(7-9)2-5-20-6-3-13/h8-9H,1-7H2. The first-order valence-corrected chi connectivity index (χ1v) is 9.36. The summed E-state index contributed by atoms with van der Waals surface area (Å²) < 4.78 is 8.33. The van der Waals surface area contributed by atoms with Crippen molar-refractivity contribution in [1.82, 2.24) is 9.55 Å². The van der Waals surface area contributed by atoms with Crippen LogP contribution in [-0.4, -0.2) is 33.3 Å². The molecule has 1 atom stereocenters. The summed E-state index contributed by atoms with van der Waals surface area (Å²) in [4.78, 5) is 16.5. The van der Waals surface area contributed by atoms with Crippen molar-refractivity contribution in [3.63, 3.8) is 0 Å². The largest absolute Gasteiger partial charge is 0.375 e. The first-order chi connectivity index (χ1) is 9.61. The van der Waals surface area contributed by atoms with Crippen LogP contribution in [-0.2, 0) is 4.74 Å². The Bertz CT molecular complexity index is 554. The van der Waals surface area contributed by atoms with Crippen molar-refractivity contribution in [3.8, 4) is 0 Å². The Hall–Kier alpha value is 0.210. The Labute approximate surface area is 140 Å². The van der Waals surface area contributed by atoms with E-state index >= 15 is 0 Å². The van der Waals surface area contributed by atoms with E-state index < -0.39 is 0 Å². The van der Waals surface area contributed by atoms with Crippen LogP contribution >= 0.6 is 46.0 Å². The maximum Gasteiger partial charge on any atom is 0.268 e. The molecule has 2 aliphatic rings. The first-order valence-electron chi connectivity index (χ1n) is 6.75. The van der Waals surface area contributed by atoms with E-state index in [2.05, 4.69) is 4.98 Å². The lowest BCUT2D eigenvalue weighted by Gasteiger charge is -2.43. The molecule has 0 aromatic carbocycles. The third-order valence-corrected chi connectivity index (χ3v) is 6.73. The SMILES string of the molecule is O=c1c(I)c(Cl)ncn1C1CCOC2(CCSCC2)C1. The second kappa shape index (κ2) is 6.14. The molecule has 7 heteroatoms. The van der Waals surface area contributed by atoms with Crippen LogP contribution in [0, 0.1) is 3.57 Å². The predicted octanol–water partition coefficient (Wildman–Crippen LogP) is 3.12. The molecule has 0 saturated carbocycles. The van der Waals surface area contributed by atoms with Gasteiger partial charge in [-0.1, -0.05) is 11.6 Å². The second-order valence-corrected chi connectivity index (χ2v) is 8.01. The van der Waals surface area contributed by atoms with Crippen LogP contribution in [0.2, 0.25) is 5.15 Å². The highest BCUT2D eigenvalue weighted by Gasteiger charge is 2.39. The minimum Gasteiger partial charge on any atom is -0.375 e. The van der Waals surface area contributed by atoms with Gasteiger partial charge in [-0.15, -0.1) is 0 Å². The van der Waals surface area contributed by atoms with E-state index in [4.69, 9.17) is 16.3 Å². The second-order valence-electron chi connectivity index (χ2n) is 5.35. The molecule has 1 aromatic rings.